The molecule has 0 aromatic heterocycles. The maximum atomic E-state index is 11.2. The number of phenols is 5. The van der Waals surface area contributed by atoms with E-state index in [0.717, 1.165) is 30.9 Å². The van der Waals surface area contributed by atoms with Gasteiger partial charge in [0.15, 0.2) is 23.0 Å². The molecule has 7 heteroatoms. The Morgan fingerprint density at radius 2 is 1.52 bits per heavy atom. The number of hydrogen-bond acceptors (Lipinski definition) is 7. The summed E-state index contributed by atoms with van der Waals surface area (Å²) in [6.45, 7) is 0.829. The van der Waals surface area contributed by atoms with Crippen molar-refractivity contribution >= 4 is 22.9 Å². The summed E-state index contributed by atoms with van der Waals surface area (Å²) in [4.78, 5) is 0. The van der Waals surface area contributed by atoms with E-state index in [1.54, 1.807) is 24.3 Å². The van der Waals surface area contributed by atoms with Gasteiger partial charge in [-0.2, -0.15) is 0 Å². The Labute approximate surface area is 294 Å². The van der Waals surface area contributed by atoms with Crippen molar-refractivity contribution in [2.45, 2.75) is 108 Å². The van der Waals surface area contributed by atoms with Gasteiger partial charge in [0, 0.05) is 18.2 Å². The average molecular weight is 676 g/mol. The van der Waals surface area contributed by atoms with E-state index in [-0.39, 0.29) is 39.7 Å². The zero-order valence-electron chi connectivity index (χ0n) is 28.7. The van der Waals surface area contributed by atoms with Crippen molar-refractivity contribution < 1.29 is 30.3 Å². The number of aromatic hydroxyl groups is 5. The van der Waals surface area contributed by atoms with Crippen LogP contribution in [0.1, 0.15) is 98.4 Å². The summed E-state index contributed by atoms with van der Waals surface area (Å²) in [5.41, 5.74) is 4.73. The van der Waals surface area contributed by atoms with Crippen molar-refractivity contribution in [2.75, 3.05) is 0 Å². The van der Waals surface area contributed by atoms with Gasteiger partial charge in [-0.25, -0.2) is 0 Å². The molecular formula is C43H49NO6. The molecule has 0 amide bonds. The number of hydrogen-bond donors (Lipinski definition) is 6. The molecule has 2 aliphatic carbocycles. The minimum Gasteiger partial charge on any atom is -0.507 e. The summed E-state index contributed by atoms with van der Waals surface area (Å²) in [7, 11) is 0. The van der Waals surface area contributed by atoms with Crippen LogP contribution < -0.4 is 5.32 Å². The van der Waals surface area contributed by atoms with Gasteiger partial charge in [0.1, 0.15) is 5.75 Å². The highest BCUT2D eigenvalue weighted by Gasteiger charge is 2.63. The topological polar surface area (TPSA) is 122 Å². The molecule has 2 saturated carbocycles. The highest BCUT2D eigenvalue weighted by Crippen LogP contribution is 2.64. The molecule has 4 aromatic carbocycles. The molecule has 4 aromatic rings. The predicted molar refractivity (Wildman–Crippen MR) is 196 cm³/mol. The standard InChI is InChI=1S/C43H49NO6/c45-36-19-14-28(23-38(36)47)13-17-33-34-6-3-7-37(46)39(34)41(49)40(48)35(33)18-12-27-8-10-29(11-9-27)26-44-31-24-32-16-15-30-5-4-22-42(20-1-2-21-42)43(30,25-31)50-32/h3,6-11,13-14,17,19,23,30-32,44-49H,1-2,4-5,12,15-16,18,20-22,24-26H2. The van der Waals surface area contributed by atoms with E-state index in [1.807, 2.05) is 6.08 Å². The van der Waals surface area contributed by atoms with Crippen molar-refractivity contribution in [3.63, 3.8) is 0 Å². The molecule has 6 N–H and O–H groups in total. The van der Waals surface area contributed by atoms with Crippen molar-refractivity contribution in [3.8, 4) is 28.7 Å². The molecular weight excluding hydrogens is 626 g/mol. The molecule has 0 radical (unpaired) electrons. The second kappa shape index (κ2) is 13.2. The van der Waals surface area contributed by atoms with Gasteiger partial charge in [0.25, 0.3) is 0 Å². The van der Waals surface area contributed by atoms with Crippen LogP contribution in [-0.4, -0.2) is 43.3 Å². The first-order valence-corrected chi connectivity index (χ1v) is 18.6. The van der Waals surface area contributed by atoms with Gasteiger partial charge >= 0.3 is 0 Å². The van der Waals surface area contributed by atoms with Crippen molar-refractivity contribution in [2.24, 2.45) is 11.3 Å². The number of ether oxygens (including phenoxy) is 1. The third kappa shape index (κ3) is 5.78. The summed E-state index contributed by atoms with van der Waals surface area (Å²) in [5.74, 6) is -0.433. The van der Waals surface area contributed by atoms with E-state index >= 15 is 0 Å². The number of phenolic OH excluding ortho intramolecular Hbond substituents is 5. The number of rotatable bonds is 8. The van der Waals surface area contributed by atoms with E-state index in [9.17, 15) is 25.5 Å². The summed E-state index contributed by atoms with van der Waals surface area (Å²) in [6, 6.07) is 18.7. The lowest BCUT2D eigenvalue weighted by atomic mass is 9.52. The highest BCUT2D eigenvalue weighted by molar-refractivity contribution is 6.03. The van der Waals surface area contributed by atoms with Crippen LogP contribution >= 0.6 is 0 Å². The Morgan fingerprint density at radius 3 is 2.32 bits per heavy atom. The molecule has 4 atom stereocenters. The summed E-state index contributed by atoms with van der Waals surface area (Å²) >= 11 is 0. The van der Waals surface area contributed by atoms with Crippen LogP contribution in [0.3, 0.4) is 0 Å². The summed E-state index contributed by atoms with van der Waals surface area (Å²) < 4.78 is 7.10. The van der Waals surface area contributed by atoms with E-state index in [1.165, 1.54) is 81.5 Å². The van der Waals surface area contributed by atoms with Gasteiger partial charge in [-0.1, -0.05) is 73.9 Å². The van der Waals surface area contributed by atoms with Gasteiger partial charge in [-0.05, 0) is 121 Å². The summed E-state index contributed by atoms with van der Waals surface area (Å²) in [5, 5.41) is 57.2. The van der Waals surface area contributed by atoms with Gasteiger partial charge in [-0.3, -0.25) is 0 Å². The average Bonchev–Trinajstić information content (AvgIpc) is 3.60. The molecule has 2 heterocycles. The highest BCUT2D eigenvalue weighted by atomic mass is 16.5. The number of fused-ring (bicyclic) bond motifs is 2. The monoisotopic (exact) mass is 675 g/mol. The smallest absolute Gasteiger partial charge is 0.169 e. The largest absolute Gasteiger partial charge is 0.507 e. The zero-order chi connectivity index (χ0) is 34.5. The van der Waals surface area contributed by atoms with Gasteiger partial charge in [0.05, 0.1) is 17.1 Å². The second-order valence-electron chi connectivity index (χ2n) is 15.5. The molecule has 2 aliphatic heterocycles. The lowest BCUT2D eigenvalue weighted by Gasteiger charge is -2.63. The number of benzene rings is 4. The molecule has 4 unspecified atom stereocenters. The van der Waals surface area contributed by atoms with Gasteiger partial charge in [0.2, 0.25) is 0 Å². The first-order valence-electron chi connectivity index (χ1n) is 18.6. The molecule has 4 aliphatic rings. The Morgan fingerprint density at radius 1 is 0.740 bits per heavy atom. The van der Waals surface area contributed by atoms with E-state index in [0.29, 0.717) is 52.5 Å². The molecule has 4 fully saturated rings. The molecule has 262 valence electrons. The maximum absolute atomic E-state index is 11.2. The number of aryl methyl sites for hydroxylation is 1. The first-order chi connectivity index (χ1) is 24.2. The minimum atomic E-state index is -0.343. The van der Waals surface area contributed by atoms with E-state index in [4.69, 9.17) is 4.74 Å². The van der Waals surface area contributed by atoms with Crippen LogP contribution in [0.25, 0.3) is 22.9 Å². The number of nitrogens with one attached hydrogen (secondary N) is 1. The lowest BCUT2D eigenvalue weighted by Crippen LogP contribution is -2.65. The quantitative estimate of drug-likeness (QED) is 0.0815. The van der Waals surface area contributed by atoms with Crippen LogP contribution in [0, 0.1) is 11.3 Å². The Hall–Kier alpha value is -4.20. The van der Waals surface area contributed by atoms with Crippen LogP contribution in [0.5, 0.6) is 28.7 Å². The lowest BCUT2D eigenvalue weighted by molar-refractivity contribution is -0.268. The Bertz CT molecular complexity index is 1910. The fraction of sp³-hybridized carbons (Fsp3) is 0.442. The maximum Gasteiger partial charge on any atom is 0.169 e. The van der Waals surface area contributed by atoms with E-state index < -0.39 is 0 Å². The molecule has 8 rings (SSSR count). The van der Waals surface area contributed by atoms with Gasteiger partial charge in [-0.15, -0.1) is 0 Å². The SMILES string of the molecule is Oc1ccc(C=Cc2c(CCc3ccc(CNC4CC5CCC6CCCC7(CCCC7)C6(C4)O5)cc3)c(O)c(O)c3c(O)cccc23)cc1O. The molecule has 2 spiro atoms. The Balaban J connectivity index is 0.978. The van der Waals surface area contributed by atoms with Crippen molar-refractivity contribution in [3.05, 3.63) is 88.5 Å². The predicted octanol–water partition coefficient (Wildman–Crippen LogP) is 8.85. The summed E-state index contributed by atoms with van der Waals surface area (Å²) in [6.07, 6.45) is 19.4. The third-order valence-corrected chi connectivity index (χ3v) is 12.8. The minimum absolute atomic E-state index is 0.0752. The fourth-order valence-corrected chi connectivity index (χ4v) is 10.3. The van der Waals surface area contributed by atoms with Crippen molar-refractivity contribution in [1.82, 2.24) is 5.32 Å². The van der Waals surface area contributed by atoms with Crippen LogP contribution in [0.4, 0.5) is 0 Å². The second-order valence-corrected chi connectivity index (χ2v) is 15.5. The van der Waals surface area contributed by atoms with Crippen LogP contribution in [0.15, 0.2) is 60.7 Å². The normalized spacial score (nSPS) is 25.7. The third-order valence-electron chi connectivity index (χ3n) is 12.8. The van der Waals surface area contributed by atoms with Crippen molar-refractivity contribution in [1.29, 1.82) is 0 Å². The van der Waals surface area contributed by atoms with Crippen LogP contribution in [-0.2, 0) is 24.1 Å². The molecule has 50 heavy (non-hydrogen) atoms. The van der Waals surface area contributed by atoms with Gasteiger partial charge < -0.3 is 35.6 Å². The Kier molecular flexibility index (Phi) is 8.68. The molecule has 7 nitrogen and oxygen atoms in total. The molecule has 2 saturated heterocycles. The first kappa shape index (κ1) is 33.0. The van der Waals surface area contributed by atoms with E-state index in [2.05, 4.69) is 29.6 Å². The molecule has 2 bridgehead atoms. The zero-order valence-corrected chi connectivity index (χ0v) is 28.7. The fourth-order valence-electron chi connectivity index (χ4n) is 10.3. The van der Waals surface area contributed by atoms with Crippen LogP contribution in [0.2, 0.25) is 0 Å².